The maximum absolute atomic E-state index is 11.8. The van der Waals surface area contributed by atoms with Crippen LogP contribution < -0.4 is 22.5 Å². The van der Waals surface area contributed by atoms with Gasteiger partial charge in [-0.25, -0.2) is 5.43 Å². The molecule has 0 aliphatic rings. The second kappa shape index (κ2) is 5.42. The average Bonchev–Trinajstić information content (AvgIpc) is 2.25. The van der Waals surface area contributed by atoms with E-state index in [-0.39, 0.29) is 23.6 Å². The van der Waals surface area contributed by atoms with E-state index in [2.05, 4.69) is 10.9 Å². The smallest absolute Gasteiger partial charge is 0.186 e. The molecule has 0 radical (unpaired) electrons. The van der Waals surface area contributed by atoms with Crippen LogP contribution in [-0.4, -0.2) is 23.5 Å². The Bertz CT molecular complexity index is 343. The number of hydrogen-bond acceptors (Lipinski definition) is 6. The number of nitrogens with two attached hydrogens (primary N) is 2. The Morgan fingerprint density at radius 1 is 1.40 bits per heavy atom. The van der Waals surface area contributed by atoms with Gasteiger partial charge in [0.1, 0.15) is 5.75 Å². The van der Waals surface area contributed by atoms with E-state index in [1.54, 1.807) is 12.1 Å². The number of nitrogens with one attached hydrogen (secondary N) is 2. The summed E-state index contributed by atoms with van der Waals surface area (Å²) in [6.07, 6.45) is 0. The number of phenolic OH excluding ortho intramolecular Hbond substituents is 1. The van der Waals surface area contributed by atoms with Crippen LogP contribution in [0.25, 0.3) is 0 Å². The van der Waals surface area contributed by atoms with Crippen LogP contribution in [0, 0.1) is 0 Å². The molecule has 7 N–H and O–H groups in total. The molecule has 0 aliphatic heterocycles. The van der Waals surface area contributed by atoms with Crippen molar-refractivity contribution in [3.8, 4) is 5.75 Å². The second-order valence-electron chi connectivity index (χ2n) is 3.01. The number of para-hydroxylation sites is 1. The highest BCUT2D eigenvalue weighted by Crippen LogP contribution is 2.17. The van der Waals surface area contributed by atoms with Crippen molar-refractivity contribution in [2.45, 2.75) is 6.04 Å². The lowest BCUT2D eigenvalue weighted by Crippen LogP contribution is -2.49. The molecule has 1 rings (SSSR count). The lowest BCUT2D eigenvalue weighted by Gasteiger charge is -2.14. The maximum Gasteiger partial charge on any atom is 0.186 e. The fourth-order valence-corrected chi connectivity index (χ4v) is 1.21. The maximum atomic E-state index is 11.8. The molecule has 0 aliphatic carbocycles. The Labute approximate surface area is 87.2 Å². The highest BCUT2D eigenvalue weighted by molar-refractivity contribution is 6.02. The molecule has 6 nitrogen and oxygen atoms in total. The normalized spacial score (nSPS) is 12.4. The van der Waals surface area contributed by atoms with Gasteiger partial charge in [0.05, 0.1) is 11.6 Å². The highest BCUT2D eigenvalue weighted by Gasteiger charge is 2.20. The zero-order valence-corrected chi connectivity index (χ0v) is 8.10. The van der Waals surface area contributed by atoms with Crippen LogP contribution in [-0.2, 0) is 0 Å². The molecule has 0 bridgehead atoms. The van der Waals surface area contributed by atoms with Gasteiger partial charge in [-0.2, -0.15) is 0 Å². The van der Waals surface area contributed by atoms with Crippen molar-refractivity contribution in [3.05, 3.63) is 29.8 Å². The van der Waals surface area contributed by atoms with Crippen LogP contribution >= 0.6 is 0 Å². The summed E-state index contributed by atoms with van der Waals surface area (Å²) in [5.74, 6) is 9.92. The third kappa shape index (κ3) is 2.74. The number of rotatable bonds is 5. The van der Waals surface area contributed by atoms with Crippen LogP contribution in [0.1, 0.15) is 10.4 Å². The number of benzene rings is 1. The molecule has 1 unspecified atom stereocenters. The van der Waals surface area contributed by atoms with Gasteiger partial charge in [0.2, 0.25) is 0 Å². The van der Waals surface area contributed by atoms with Crippen molar-refractivity contribution >= 4 is 5.78 Å². The van der Waals surface area contributed by atoms with Gasteiger partial charge >= 0.3 is 0 Å². The van der Waals surface area contributed by atoms with Crippen LogP contribution in [0.3, 0.4) is 0 Å². The lowest BCUT2D eigenvalue weighted by molar-refractivity contribution is 0.0940. The number of phenols is 1. The van der Waals surface area contributed by atoms with Crippen molar-refractivity contribution in [1.82, 2.24) is 10.9 Å². The van der Waals surface area contributed by atoms with E-state index in [0.717, 1.165) is 0 Å². The topological polar surface area (TPSA) is 113 Å². The molecule has 1 atom stereocenters. The first kappa shape index (κ1) is 11.6. The Morgan fingerprint density at radius 2 is 2.07 bits per heavy atom. The van der Waals surface area contributed by atoms with Crippen LogP contribution in [0.4, 0.5) is 0 Å². The molecule has 1 aromatic rings. The van der Waals surface area contributed by atoms with Gasteiger partial charge in [-0.15, -0.1) is 0 Å². The standard InChI is InChI=1S/C9H14N4O2/c10-12-5-7(13-11)9(15)6-3-1-2-4-8(6)14/h1-4,7,12-14H,5,10-11H2. The molecule has 0 aromatic heterocycles. The number of ketones is 1. The summed E-state index contributed by atoms with van der Waals surface area (Å²) in [6.45, 7) is 0.184. The molecule has 6 heteroatoms. The van der Waals surface area contributed by atoms with E-state index < -0.39 is 6.04 Å². The molecular formula is C9H14N4O2. The molecule has 15 heavy (non-hydrogen) atoms. The van der Waals surface area contributed by atoms with Gasteiger partial charge in [-0.1, -0.05) is 12.1 Å². The summed E-state index contributed by atoms with van der Waals surface area (Å²) in [5.41, 5.74) is 4.89. The quantitative estimate of drug-likeness (QED) is 0.239. The van der Waals surface area contributed by atoms with Crippen molar-refractivity contribution in [2.24, 2.45) is 11.7 Å². The monoisotopic (exact) mass is 210 g/mol. The minimum absolute atomic E-state index is 0.0697. The van der Waals surface area contributed by atoms with Crippen LogP contribution in [0.2, 0.25) is 0 Å². The zero-order valence-electron chi connectivity index (χ0n) is 8.10. The third-order valence-corrected chi connectivity index (χ3v) is 2.01. The molecule has 0 saturated heterocycles. The number of carbonyl (C=O) groups is 1. The van der Waals surface area contributed by atoms with Crippen molar-refractivity contribution in [3.63, 3.8) is 0 Å². The minimum atomic E-state index is -0.664. The summed E-state index contributed by atoms with van der Waals surface area (Å²) in [4.78, 5) is 11.8. The van der Waals surface area contributed by atoms with Gasteiger partial charge < -0.3 is 5.11 Å². The van der Waals surface area contributed by atoms with E-state index in [9.17, 15) is 9.90 Å². The van der Waals surface area contributed by atoms with Gasteiger partial charge in [0.15, 0.2) is 5.78 Å². The second-order valence-corrected chi connectivity index (χ2v) is 3.01. The van der Waals surface area contributed by atoms with E-state index in [0.29, 0.717) is 0 Å². The van der Waals surface area contributed by atoms with Crippen LogP contribution in [0.15, 0.2) is 24.3 Å². The summed E-state index contributed by atoms with van der Waals surface area (Å²) >= 11 is 0. The Balaban J connectivity index is 2.88. The number of aromatic hydroxyl groups is 1. The van der Waals surface area contributed by atoms with Crippen molar-refractivity contribution in [2.75, 3.05) is 6.54 Å². The fraction of sp³-hybridized carbons (Fsp3) is 0.222. The summed E-state index contributed by atoms with van der Waals surface area (Å²) in [6, 6.07) is 5.60. The molecule has 0 spiro atoms. The molecule has 0 fully saturated rings. The predicted molar refractivity (Wildman–Crippen MR) is 55.7 cm³/mol. The minimum Gasteiger partial charge on any atom is -0.507 e. The number of hydrazine groups is 2. The molecular weight excluding hydrogens is 196 g/mol. The number of hydrogen-bond donors (Lipinski definition) is 5. The Hall–Kier alpha value is -1.47. The van der Waals surface area contributed by atoms with Gasteiger partial charge in [-0.3, -0.25) is 21.9 Å². The number of Topliss-reactive ketones (excluding diaryl/α,β-unsaturated/α-hetero) is 1. The molecule has 0 heterocycles. The first-order valence-electron chi connectivity index (χ1n) is 4.42. The average molecular weight is 210 g/mol. The van der Waals surface area contributed by atoms with E-state index in [4.69, 9.17) is 11.7 Å². The van der Waals surface area contributed by atoms with Crippen LogP contribution in [0.5, 0.6) is 5.75 Å². The summed E-state index contributed by atoms with van der Waals surface area (Å²) in [7, 11) is 0. The lowest BCUT2D eigenvalue weighted by atomic mass is 10.0. The SMILES string of the molecule is NNCC(NN)C(=O)c1ccccc1O. The largest absolute Gasteiger partial charge is 0.507 e. The molecule has 0 amide bonds. The van der Waals surface area contributed by atoms with Gasteiger partial charge in [0, 0.05) is 6.54 Å². The predicted octanol–water partition coefficient (Wildman–Crippen LogP) is -1.13. The van der Waals surface area contributed by atoms with Gasteiger partial charge in [-0.05, 0) is 12.1 Å². The van der Waals surface area contributed by atoms with Crippen molar-refractivity contribution < 1.29 is 9.90 Å². The first-order valence-corrected chi connectivity index (χ1v) is 4.42. The van der Waals surface area contributed by atoms with Crippen molar-refractivity contribution in [1.29, 1.82) is 0 Å². The summed E-state index contributed by atoms with van der Waals surface area (Å²) < 4.78 is 0. The molecule has 0 saturated carbocycles. The molecule has 82 valence electrons. The first-order chi connectivity index (χ1) is 7.20. The Morgan fingerprint density at radius 3 is 2.60 bits per heavy atom. The third-order valence-electron chi connectivity index (χ3n) is 2.01. The summed E-state index contributed by atoms with van der Waals surface area (Å²) in [5, 5.41) is 9.45. The Kier molecular flexibility index (Phi) is 4.19. The molecule has 1 aromatic carbocycles. The number of carbonyl (C=O) groups excluding carboxylic acids is 1. The van der Waals surface area contributed by atoms with E-state index >= 15 is 0 Å². The highest BCUT2D eigenvalue weighted by atomic mass is 16.3. The fourth-order valence-electron chi connectivity index (χ4n) is 1.21. The zero-order chi connectivity index (χ0) is 11.3. The van der Waals surface area contributed by atoms with E-state index in [1.165, 1.54) is 12.1 Å². The van der Waals surface area contributed by atoms with Gasteiger partial charge in [0.25, 0.3) is 0 Å². The van der Waals surface area contributed by atoms with E-state index in [1.807, 2.05) is 0 Å².